The van der Waals surface area contributed by atoms with E-state index in [1.165, 1.54) is 12.1 Å². The lowest BCUT2D eigenvalue weighted by atomic mass is 10.1. The molecule has 0 unspecified atom stereocenters. The average molecular weight is 291 g/mol. The van der Waals surface area contributed by atoms with Gasteiger partial charge in [0, 0.05) is 11.1 Å². The van der Waals surface area contributed by atoms with Crippen LogP contribution in [0, 0.1) is 5.82 Å². The van der Waals surface area contributed by atoms with Crippen LogP contribution in [0.25, 0.3) is 0 Å². The summed E-state index contributed by atoms with van der Waals surface area (Å²) in [7, 11) is 0. The molecule has 0 saturated carbocycles. The molecule has 0 radical (unpaired) electrons. The molecule has 0 aliphatic carbocycles. The van der Waals surface area contributed by atoms with Crippen molar-refractivity contribution in [2.24, 2.45) is 5.73 Å². The van der Waals surface area contributed by atoms with Gasteiger partial charge in [-0.2, -0.15) is 0 Å². The van der Waals surface area contributed by atoms with Crippen LogP contribution >= 0.6 is 12.2 Å². The van der Waals surface area contributed by atoms with Crippen LogP contribution in [0.5, 0.6) is 5.75 Å². The highest BCUT2D eigenvalue weighted by Crippen LogP contribution is 2.17. The van der Waals surface area contributed by atoms with Gasteiger partial charge in [-0.25, -0.2) is 4.39 Å². The Balaban J connectivity index is 2.13. The van der Waals surface area contributed by atoms with Crippen LogP contribution in [-0.4, -0.2) is 10.1 Å². The zero-order valence-corrected chi connectivity index (χ0v) is 11.5. The summed E-state index contributed by atoms with van der Waals surface area (Å²) < 4.78 is 18.8. The summed E-state index contributed by atoms with van der Waals surface area (Å²) in [4.78, 5) is 0.208. The fourth-order valence-corrected chi connectivity index (χ4v) is 1.97. The molecule has 104 valence electrons. The number of halogens is 1. The summed E-state index contributed by atoms with van der Waals surface area (Å²) >= 11 is 4.93. The molecule has 2 aromatic rings. The molecule has 0 saturated heterocycles. The Morgan fingerprint density at radius 3 is 2.50 bits per heavy atom. The van der Waals surface area contributed by atoms with Crippen LogP contribution in [-0.2, 0) is 13.2 Å². The van der Waals surface area contributed by atoms with Crippen LogP contribution in [0.2, 0.25) is 0 Å². The number of ether oxygens (including phenoxy) is 1. The molecule has 5 heteroatoms. The first-order chi connectivity index (χ1) is 9.60. The van der Waals surface area contributed by atoms with E-state index in [0.29, 0.717) is 16.9 Å². The third-order valence-electron chi connectivity index (χ3n) is 2.83. The minimum Gasteiger partial charge on any atom is -0.489 e. The topological polar surface area (TPSA) is 55.5 Å². The fourth-order valence-electron chi connectivity index (χ4n) is 1.77. The number of benzene rings is 2. The van der Waals surface area contributed by atoms with E-state index in [9.17, 15) is 4.39 Å². The van der Waals surface area contributed by atoms with Crippen LogP contribution in [0.4, 0.5) is 4.39 Å². The van der Waals surface area contributed by atoms with E-state index in [1.54, 1.807) is 30.3 Å². The molecule has 0 heterocycles. The van der Waals surface area contributed by atoms with Gasteiger partial charge in [0.1, 0.15) is 23.2 Å². The molecule has 0 fully saturated rings. The van der Waals surface area contributed by atoms with E-state index in [1.807, 2.05) is 0 Å². The van der Waals surface area contributed by atoms with Gasteiger partial charge in [-0.1, -0.05) is 24.4 Å². The number of rotatable bonds is 5. The van der Waals surface area contributed by atoms with Crippen molar-refractivity contribution in [3.63, 3.8) is 0 Å². The van der Waals surface area contributed by atoms with Crippen molar-refractivity contribution in [3.05, 3.63) is 65.0 Å². The Morgan fingerprint density at radius 2 is 1.90 bits per heavy atom. The summed E-state index contributed by atoms with van der Waals surface area (Å²) in [5.41, 5.74) is 7.60. The molecular weight excluding hydrogens is 277 g/mol. The van der Waals surface area contributed by atoms with Crippen molar-refractivity contribution in [2.75, 3.05) is 0 Å². The molecule has 0 amide bonds. The van der Waals surface area contributed by atoms with Gasteiger partial charge in [0.15, 0.2) is 0 Å². The van der Waals surface area contributed by atoms with Crippen molar-refractivity contribution in [3.8, 4) is 5.75 Å². The number of hydrogen-bond acceptors (Lipinski definition) is 3. The fraction of sp³-hybridized carbons (Fsp3) is 0.133. The first-order valence-electron chi connectivity index (χ1n) is 6.01. The Bertz CT molecular complexity index is 614. The largest absolute Gasteiger partial charge is 0.489 e. The molecule has 0 atom stereocenters. The van der Waals surface area contributed by atoms with E-state index in [0.717, 1.165) is 5.56 Å². The number of nitrogens with two attached hydrogens (primary N) is 1. The van der Waals surface area contributed by atoms with Gasteiger partial charge >= 0.3 is 0 Å². The van der Waals surface area contributed by atoms with Gasteiger partial charge in [0.05, 0.1) is 6.61 Å². The zero-order valence-electron chi connectivity index (χ0n) is 10.7. The number of hydrogen-bond donors (Lipinski definition) is 2. The number of aliphatic hydroxyl groups excluding tert-OH is 1. The van der Waals surface area contributed by atoms with Crippen LogP contribution in [0.1, 0.15) is 16.7 Å². The molecular formula is C15H14FNO2S. The van der Waals surface area contributed by atoms with Crippen molar-refractivity contribution in [2.45, 2.75) is 13.2 Å². The second-order valence-corrected chi connectivity index (χ2v) is 4.70. The molecule has 0 bridgehead atoms. The Morgan fingerprint density at radius 1 is 1.20 bits per heavy atom. The standard InChI is InChI=1S/C15H14FNO2S/c16-12-3-6-14(15(17)20)11(7-12)9-19-13-4-1-10(8-18)2-5-13/h1-7,18H,8-9H2,(H2,17,20). The van der Waals surface area contributed by atoms with Gasteiger partial charge in [-0.15, -0.1) is 0 Å². The van der Waals surface area contributed by atoms with E-state index in [-0.39, 0.29) is 24.0 Å². The van der Waals surface area contributed by atoms with E-state index < -0.39 is 0 Å². The summed E-state index contributed by atoms with van der Waals surface area (Å²) in [5, 5.41) is 8.95. The van der Waals surface area contributed by atoms with Gasteiger partial charge in [-0.05, 0) is 35.9 Å². The first kappa shape index (κ1) is 14.4. The molecule has 3 N–H and O–H groups in total. The maximum absolute atomic E-state index is 13.3. The summed E-state index contributed by atoms with van der Waals surface area (Å²) in [6, 6.07) is 11.2. The highest BCUT2D eigenvalue weighted by Gasteiger charge is 2.07. The monoisotopic (exact) mass is 291 g/mol. The maximum Gasteiger partial charge on any atom is 0.123 e. The normalized spacial score (nSPS) is 10.3. The summed E-state index contributed by atoms with van der Waals surface area (Å²) in [5.74, 6) is 0.263. The highest BCUT2D eigenvalue weighted by atomic mass is 32.1. The molecule has 20 heavy (non-hydrogen) atoms. The lowest BCUT2D eigenvalue weighted by Crippen LogP contribution is -2.13. The minimum atomic E-state index is -0.362. The smallest absolute Gasteiger partial charge is 0.123 e. The van der Waals surface area contributed by atoms with Gasteiger partial charge < -0.3 is 15.6 Å². The van der Waals surface area contributed by atoms with E-state index in [4.69, 9.17) is 27.8 Å². The molecule has 0 aromatic heterocycles. The lowest BCUT2D eigenvalue weighted by Gasteiger charge is -2.10. The second-order valence-electron chi connectivity index (χ2n) is 4.26. The molecule has 0 spiro atoms. The van der Waals surface area contributed by atoms with Gasteiger partial charge in [0.25, 0.3) is 0 Å². The van der Waals surface area contributed by atoms with Crippen molar-refractivity contribution in [1.29, 1.82) is 0 Å². The minimum absolute atomic E-state index is 0.0181. The quantitative estimate of drug-likeness (QED) is 0.831. The van der Waals surface area contributed by atoms with Crippen LogP contribution in [0.3, 0.4) is 0 Å². The third-order valence-corrected chi connectivity index (χ3v) is 3.05. The van der Waals surface area contributed by atoms with Crippen molar-refractivity contribution in [1.82, 2.24) is 0 Å². The van der Waals surface area contributed by atoms with E-state index >= 15 is 0 Å². The SMILES string of the molecule is NC(=S)c1ccc(F)cc1COc1ccc(CO)cc1. The molecule has 2 rings (SSSR count). The highest BCUT2D eigenvalue weighted by molar-refractivity contribution is 7.80. The zero-order chi connectivity index (χ0) is 14.5. The first-order valence-corrected chi connectivity index (χ1v) is 6.42. The molecule has 2 aromatic carbocycles. The molecule has 0 aliphatic heterocycles. The molecule has 0 aliphatic rings. The van der Waals surface area contributed by atoms with Crippen molar-refractivity contribution < 1.29 is 14.2 Å². The predicted molar refractivity (Wildman–Crippen MR) is 79.0 cm³/mol. The van der Waals surface area contributed by atoms with Gasteiger partial charge in [0.2, 0.25) is 0 Å². The third kappa shape index (κ3) is 3.53. The maximum atomic E-state index is 13.3. The Kier molecular flexibility index (Phi) is 4.65. The lowest BCUT2D eigenvalue weighted by molar-refractivity contribution is 0.280. The number of aliphatic hydroxyl groups is 1. The molecule has 3 nitrogen and oxygen atoms in total. The predicted octanol–water partition coefficient (Wildman–Crippen LogP) is 2.53. The van der Waals surface area contributed by atoms with Crippen LogP contribution in [0.15, 0.2) is 42.5 Å². The van der Waals surface area contributed by atoms with Crippen LogP contribution < -0.4 is 10.5 Å². The summed E-state index contributed by atoms with van der Waals surface area (Å²) in [6.07, 6.45) is 0. The average Bonchev–Trinajstić information content (AvgIpc) is 2.45. The van der Waals surface area contributed by atoms with E-state index in [2.05, 4.69) is 0 Å². The second kappa shape index (κ2) is 6.45. The summed E-state index contributed by atoms with van der Waals surface area (Å²) in [6.45, 7) is 0.151. The van der Waals surface area contributed by atoms with Gasteiger partial charge in [-0.3, -0.25) is 0 Å². The van der Waals surface area contributed by atoms with Crippen molar-refractivity contribution >= 4 is 17.2 Å². The Hall–Kier alpha value is -1.98. The number of thiocarbonyl (C=S) groups is 1. The Labute approximate surface area is 121 Å².